The number of nitro groups is 1. The van der Waals surface area contributed by atoms with Crippen molar-refractivity contribution in [2.75, 3.05) is 41.7 Å². The maximum atomic E-state index is 11.3. The molecule has 120 valence electrons. The van der Waals surface area contributed by atoms with Crippen LogP contribution in [0.3, 0.4) is 0 Å². The molecular weight excluding hydrogens is 284 g/mol. The molecule has 0 spiro atoms. The molecule has 2 N–H and O–H groups in total. The Balaban J connectivity index is 1.99. The van der Waals surface area contributed by atoms with Gasteiger partial charge in [-0.25, -0.2) is 0 Å². The lowest BCUT2D eigenvalue weighted by atomic mass is 10.0. The Bertz CT molecular complexity index is 573. The van der Waals surface area contributed by atoms with E-state index in [1.165, 1.54) is 6.42 Å². The van der Waals surface area contributed by atoms with E-state index in [-0.39, 0.29) is 11.5 Å². The van der Waals surface area contributed by atoms with Crippen LogP contribution in [0.1, 0.15) is 32.6 Å². The fraction of sp³-hybridized carbons (Fsp3) is 0.714. The van der Waals surface area contributed by atoms with Crippen LogP contribution in [0.25, 0.3) is 0 Å². The van der Waals surface area contributed by atoms with Gasteiger partial charge in [-0.15, -0.1) is 0 Å². The molecule has 1 atom stereocenters. The van der Waals surface area contributed by atoms with Gasteiger partial charge in [0.15, 0.2) is 0 Å². The predicted octanol–water partition coefficient (Wildman–Crippen LogP) is 1.80. The van der Waals surface area contributed by atoms with E-state index in [0.717, 1.165) is 45.4 Å². The van der Waals surface area contributed by atoms with E-state index < -0.39 is 4.92 Å². The van der Waals surface area contributed by atoms with Crippen LogP contribution in [0, 0.1) is 16.0 Å². The van der Waals surface area contributed by atoms with Gasteiger partial charge in [-0.1, -0.05) is 6.92 Å². The predicted molar refractivity (Wildman–Crippen MR) is 85.2 cm³/mol. The van der Waals surface area contributed by atoms with Crippen LogP contribution in [0.4, 0.5) is 23.3 Å². The first-order valence-corrected chi connectivity index (χ1v) is 7.88. The van der Waals surface area contributed by atoms with Crippen molar-refractivity contribution in [2.24, 2.45) is 5.92 Å². The molecule has 0 aromatic carbocycles. The monoisotopic (exact) mass is 306 g/mol. The summed E-state index contributed by atoms with van der Waals surface area (Å²) in [6, 6.07) is 0. The van der Waals surface area contributed by atoms with Crippen molar-refractivity contribution >= 4 is 23.3 Å². The van der Waals surface area contributed by atoms with Crippen molar-refractivity contribution in [1.29, 1.82) is 0 Å². The van der Waals surface area contributed by atoms with Crippen molar-refractivity contribution in [3.8, 4) is 0 Å². The Hall–Kier alpha value is -2.12. The van der Waals surface area contributed by atoms with E-state index in [4.69, 9.17) is 5.73 Å². The number of piperidine rings is 1. The number of hydrogen-bond donors (Lipinski definition) is 1. The van der Waals surface area contributed by atoms with Gasteiger partial charge < -0.3 is 15.5 Å². The molecule has 2 saturated heterocycles. The summed E-state index contributed by atoms with van der Waals surface area (Å²) in [5.74, 6) is 1.44. The van der Waals surface area contributed by atoms with Crippen molar-refractivity contribution in [3.63, 3.8) is 0 Å². The zero-order valence-electron chi connectivity index (χ0n) is 12.9. The Morgan fingerprint density at radius 3 is 2.50 bits per heavy atom. The molecule has 1 aromatic heterocycles. The van der Waals surface area contributed by atoms with E-state index in [2.05, 4.69) is 21.8 Å². The molecule has 2 aliphatic heterocycles. The molecule has 3 rings (SSSR count). The summed E-state index contributed by atoms with van der Waals surface area (Å²) in [6.45, 7) is 5.51. The van der Waals surface area contributed by atoms with E-state index in [1.807, 2.05) is 4.90 Å². The van der Waals surface area contributed by atoms with Crippen LogP contribution in [-0.2, 0) is 0 Å². The van der Waals surface area contributed by atoms with E-state index >= 15 is 0 Å². The highest BCUT2D eigenvalue weighted by atomic mass is 16.6. The molecule has 0 radical (unpaired) electrons. The Labute approximate surface area is 129 Å². The summed E-state index contributed by atoms with van der Waals surface area (Å²) in [7, 11) is 0. The van der Waals surface area contributed by atoms with Crippen LogP contribution in [-0.4, -0.2) is 41.1 Å². The minimum Gasteiger partial charge on any atom is -0.378 e. The van der Waals surface area contributed by atoms with Gasteiger partial charge in [0, 0.05) is 26.2 Å². The smallest absolute Gasteiger partial charge is 0.353 e. The highest BCUT2D eigenvalue weighted by molar-refractivity contribution is 5.71. The van der Waals surface area contributed by atoms with Gasteiger partial charge in [0.25, 0.3) is 0 Å². The third-order valence-corrected chi connectivity index (χ3v) is 4.41. The molecule has 0 bridgehead atoms. The van der Waals surface area contributed by atoms with Crippen LogP contribution in [0.15, 0.2) is 0 Å². The average Bonchev–Trinajstić information content (AvgIpc) is 3.00. The molecule has 2 fully saturated rings. The second kappa shape index (κ2) is 5.94. The normalized spacial score (nSPS) is 22.1. The second-order valence-corrected chi connectivity index (χ2v) is 6.23. The van der Waals surface area contributed by atoms with E-state index in [0.29, 0.717) is 17.7 Å². The van der Waals surface area contributed by atoms with E-state index in [9.17, 15) is 10.1 Å². The Kier molecular flexibility index (Phi) is 4.00. The number of aromatic nitrogens is 2. The van der Waals surface area contributed by atoms with Crippen LogP contribution in [0.2, 0.25) is 0 Å². The number of anilines is 3. The topological polar surface area (TPSA) is 101 Å². The van der Waals surface area contributed by atoms with Gasteiger partial charge in [-0.05, 0) is 31.6 Å². The van der Waals surface area contributed by atoms with Crippen molar-refractivity contribution in [2.45, 2.75) is 32.6 Å². The molecule has 8 nitrogen and oxygen atoms in total. The van der Waals surface area contributed by atoms with E-state index in [1.54, 1.807) is 0 Å². The summed E-state index contributed by atoms with van der Waals surface area (Å²) in [4.78, 5) is 23.6. The van der Waals surface area contributed by atoms with Gasteiger partial charge in [0.1, 0.15) is 0 Å². The van der Waals surface area contributed by atoms with Crippen molar-refractivity contribution in [3.05, 3.63) is 10.1 Å². The number of rotatable bonds is 3. The van der Waals surface area contributed by atoms with Crippen LogP contribution in [0.5, 0.6) is 0 Å². The van der Waals surface area contributed by atoms with Gasteiger partial charge in [-0.3, -0.25) is 10.1 Å². The molecule has 1 aromatic rings. The summed E-state index contributed by atoms with van der Waals surface area (Å²) in [5, 5.41) is 11.3. The Morgan fingerprint density at radius 1 is 1.18 bits per heavy atom. The lowest BCUT2D eigenvalue weighted by Crippen LogP contribution is -2.36. The SMILES string of the molecule is C[C@H]1CCCN(c2nc(N)c([N+](=O)[O-])c(N3CCCC3)n2)C1. The standard InChI is InChI=1S/C14H22N6O2/c1-10-5-4-8-19(9-10)14-16-12(15)11(20(21)22)13(17-14)18-6-2-3-7-18/h10H,2-9H2,1H3,(H2,15,16,17)/t10-/m0/s1. The highest BCUT2D eigenvalue weighted by Gasteiger charge is 2.30. The van der Waals surface area contributed by atoms with Crippen molar-refractivity contribution in [1.82, 2.24) is 9.97 Å². The lowest BCUT2D eigenvalue weighted by molar-refractivity contribution is -0.383. The van der Waals surface area contributed by atoms with Gasteiger partial charge >= 0.3 is 5.69 Å². The molecule has 0 amide bonds. The van der Waals surface area contributed by atoms with Crippen molar-refractivity contribution < 1.29 is 4.92 Å². The molecule has 22 heavy (non-hydrogen) atoms. The first kappa shape index (κ1) is 14.8. The van der Waals surface area contributed by atoms with Crippen LogP contribution >= 0.6 is 0 Å². The maximum absolute atomic E-state index is 11.3. The summed E-state index contributed by atoms with van der Waals surface area (Å²) < 4.78 is 0. The summed E-state index contributed by atoms with van der Waals surface area (Å²) >= 11 is 0. The minimum atomic E-state index is -0.467. The zero-order chi connectivity index (χ0) is 15.7. The molecular formula is C14H22N6O2. The average molecular weight is 306 g/mol. The quantitative estimate of drug-likeness (QED) is 0.671. The fourth-order valence-corrected chi connectivity index (χ4v) is 3.28. The van der Waals surface area contributed by atoms with Crippen LogP contribution < -0.4 is 15.5 Å². The third-order valence-electron chi connectivity index (χ3n) is 4.41. The highest BCUT2D eigenvalue weighted by Crippen LogP contribution is 2.35. The lowest BCUT2D eigenvalue weighted by Gasteiger charge is -2.31. The summed E-state index contributed by atoms with van der Waals surface area (Å²) in [6.07, 6.45) is 4.33. The maximum Gasteiger partial charge on any atom is 0.353 e. The third kappa shape index (κ3) is 2.77. The molecule has 2 aliphatic rings. The molecule has 0 unspecified atom stereocenters. The fourth-order valence-electron chi connectivity index (χ4n) is 3.28. The molecule has 3 heterocycles. The number of nitrogens with two attached hydrogens (primary N) is 1. The second-order valence-electron chi connectivity index (χ2n) is 6.23. The molecule has 8 heteroatoms. The largest absolute Gasteiger partial charge is 0.378 e. The number of nitrogen functional groups attached to an aromatic ring is 1. The zero-order valence-corrected chi connectivity index (χ0v) is 12.9. The molecule has 0 saturated carbocycles. The summed E-state index contributed by atoms with van der Waals surface area (Å²) in [5.41, 5.74) is 5.73. The Morgan fingerprint density at radius 2 is 1.86 bits per heavy atom. The number of hydrogen-bond acceptors (Lipinski definition) is 7. The first-order valence-electron chi connectivity index (χ1n) is 7.88. The molecule has 0 aliphatic carbocycles. The van der Waals surface area contributed by atoms with Gasteiger partial charge in [0.05, 0.1) is 4.92 Å². The van der Waals surface area contributed by atoms with Gasteiger partial charge in [-0.2, -0.15) is 9.97 Å². The van der Waals surface area contributed by atoms with Gasteiger partial charge in [0.2, 0.25) is 17.6 Å². The first-order chi connectivity index (χ1) is 10.6. The minimum absolute atomic E-state index is 0.0323. The number of nitrogens with zero attached hydrogens (tertiary/aromatic N) is 5.